The molecule has 0 saturated heterocycles. The van der Waals surface area contributed by atoms with Gasteiger partial charge in [0, 0.05) is 37.0 Å². The monoisotopic (exact) mass is 390 g/mol. The number of hydrogen-bond acceptors (Lipinski definition) is 4. The first-order valence-electron chi connectivity index (χ1n) is 11.3. The number of unbranched alkanes of at least 4 members (excludes halogenated alkanes) is 1. The van der Waals surface area contributed by atoms with Crippen LogP contribution in [0.2, 0.25) is 0 Å². The number of primary amides is 1. The van der Waals surface area contributed by atoms with Crippen LogP contribution in [0.4, 0.5) is 0 Å². The molecule has 1 amide bonds. The van der Waals surface area contributed by atoms with E-state index in [4.69, 9.17) is 15.0 Å². The first kappa shape index (κ1) is 21.4. The summed E-state index contributed by atoms with van der Waals surface area (Å²) in [4.78, 5) is 11.7. The number of nitrogens with zero attached hydrogens (tertiary/aromatic N) is 1. The van der Waals surface area contributed by atoms with Gasteiger partial charge in [-0.3, -0.25) is 4.79 Å². The molecule has 0 aliphatic heterocycles. The van der Waals surface area contributed by atoms with Crippen LogP contribution in [0, 0.1) is 11.8 Å². The minimum atomic E-state index is -0.273. The molecule has 1 aromatic rings. The van der Waals surface area contributed by atoms with Crippen LogP contribution < -0.4 is 5.73 Å². The number of nitrogens with two attached hydrogens (primary N) is 1. The molecule has 0 bridgehead atoms. The van der Waals surface area contributed by atoms with Crippen LogP contribution in [0.25, 0.3) is 0 Å². The fourth-order valence-corrected chi connectivity index (χ4v) is 4.66. The van der Waals surface area contributed by atoms with Crippen molar-refractivity contribution in [2.75, 3.05) is 13.2 Å². The maximum absolute atomic E-state index is 11.7. The standard InChI is InChI=1S/C23H38N2O3/c1-4-5-9-27-10-8-18(14-20(24)26)22-21(17-6-7-17)23(28-25-22)19-12-16(13-19)11-15(2)3/h15-19H,4-14H2,1-3H3,(H2,24,26). The van der Waals surface area contributed by atoms with Gasteiger partial charge in [-0.1, -0.05) is 32.3 Å². The highest BCUT2D eigenvalue weighted by molar-refractivity contribution is 5.74. The zero-order chi connectivity index (χ0) is 20.1. The van der Waals surface area contributed by atoms with Crippen LogP contribution in [0.1, 0.15) is 113 Å². The SMILES string of the molecule is CCCCOCCC(CC(N)=O)c1noc(C2CC(CC(C)C)C2)c1C1CC1. The van der Waals surface area contributed by atoms with Gasteiger partial charge in [0.2, 0.25) is 5.91 Å². The molecular weight excluding hydrogens is 352 g/mol. The fraction of sp³-hybridized carbons (Fsp3) is 0.826. The van der Waals surface area contributed by atoms with Gasteiger partial charge in [-0.05, 0) is 62.7 Å². The maximum atomic E-state index is 11.7. The molecule has 0 radical (unpaired) electrons. The van der Waals surface area contributed by atoms with E-state index in [1.54, 1.807) is 0 Å². The number of amides is 1. The number of ether oxygens (including phenoxy) is 1. The Morgan fingerprint density at radius 1 is 1.25 bits per heavy atom. The van der Waals surface area contributed by atoms with E-state index in [2.05, 4.69) is 25.9 Å². The maximum Gasteiger partial charge on any atom is 0.218 e. The van der Waals surface area contributed by atoms with Crippen molar-refractivity contribution in [3.63, 3.8) is 0 Å². The molecule has 2 N–H and O–H groups in total. The Morgan fingerprint density at radius 3 is 2.61 bits per heavy atom. The van der Waals surface area contributed by atoms with Crippen molar-refractivity contribution in [3.8, 4) is 0 Å². The van der Waals surface area contributed by atoms with Crippen LogP contribution >= 0.6 is 0 Å². The van der Waals surface area contributed by atoms with Crippen molar-refractivity contribution >= 4 is 5.91 Å². The molecule has 1 unspecified atom stereocenters. The van der Waals surface area contributed by atoms with Crippen LogP contribution in [0.5, 0.6) is 0 Å². The quantitative estimate of drug-likeness (QED) is 0.466. The summed E-state index contributed by atoms with van der Waals surface area (Å²) in [5.74, 6) is 3.50. The first-order chi connectivity index (χ1) is 13.5. The molecule has 5 nitrogen and oxygen atoms in total. The predicted octanol–water partition coefficient (Wildman–Crippen LogP) is 5.26. The number of aromatic nitrogens is 1. The molecule has 28 heavy (non-hydrogen) atoms. The summed E-state index contributed by atoms with van der Waals surface area (Å²) in [5, 5.41) is 4.50. The van der Waals surface area contributed by atoms with Gasteiger partial charge in [-0.15, -0.1) is 0 Å². The van der Waals surface area contributed by atoms with Gasteiger partial charge in [0.1, 0.15) is 5.76 Å². The zero-order valence-corrected chi connectivity index (χ0v) is 17.9. The summed E-state index contributed by atoms with van der Waals surface area (Å²) >= 11 is 0. The average Bonchev–Trinajstić information content (AvgIpc) is 3.35. The Hall–Kier alpha value is -1.36. The molecule has 3 rings (SSSR count). The summed E-state index contributed by atoms with van der Waals surface area (Å²) in [6, 6.07) is 0. The minimum Gasteiger partial charge on any atom is -0.381 e. The molecular formula is C23H38N2O3. The van der Waals surface area contributed by atoms with Crippen LogP contribution in [0.3, 0.4) is 0 Å². The van der Waals surface area contributed by atoms with Crippen molar-refractivity contribution < 1.29 is 14.1 Å². The molecule has 1 aromatic heterocycles. The summed E-state index contributed by atoms with van der Waals surface area (Å²) in [5.41, 5.74) is 7.86. The smallest absolute Gasteiger partial charge is 0.218 e. The van der Waals surface area contributed by atoms with Crippen LogP contribution in [-0.4, -0.2) is 24.3 Å². The fourth-order valence-electron chi connectivity index (χ4n) is 4.66. The van der Waals surface area contributed by atoms with Crippen molar-refractivity contribution in [2.45, 2.75) is 96.3 Å². The van der Waals surface area contributed by atoms with E-state index in [1.165, 1.54) is 37.7 Å². The molecule has 2 aliphatic carbocycles. The van der Waals surface area contributed by atoms with E-state index in [9.17, 15) is 4.79 Å². The number of rotatable bonds is 13. The molecule has 2 aliphatic rings. The largest absolute Gasteiger partial charge is 0.381 e. The van der Waals surface area contributed by atoms with Gasteiger partial charge in [-0.2, -0.15) is 0 Å². The molecule has 5 heteroatoms. The van der Waals surface area contributed by atoms with Gasteiger partial charge in [0.05, 0.1) is 5.69 Å². The minimum absolute atomic E-state index is 0.0127. The third-order valence-corrected chi connectivity index (χ3v) is 6.27. The van der Waals surface area contributed by atoms with E-state index in [1.807, 2.05) is 0 Å². The number of carbonyl (C=O) groups is 1. The lowest BCUT2D eigenvalue weighted by molar-refractivity contribution is -0.118. The summed E-state index contributed by atoms with van der Waals surface area (Å²) in [6.07, 6.45) is 9.45. The summed E-state index contributed by atoms with van der Waals surface area (Å²) in [7, 11) is 0. The van der Waals surface area contributed by atoms with Crippen LogP contribution in [-0.2, 0) is 9.53 Å². The van der Waals surface area contributed by atoms with Crippen molar-refractivity contribution in [2.24, 2.45) is 17.6 Å². The van der Waals surface area contributed by atoms with Gasteiger partial charge < -0.3 is 15.0 Å². The van der Waals surface area contributed by atoms with E-state index in [0.29, 0.717) is 24.9 Å². The second-order valence-electron chi connectivity index (χ2n) is 9.41. The van der Waals surface area contributed by atoms with E-state index < -0.39 is 0 Å². The van der Waals surface area contributed by atoms with Crippen molar-refractivity contribution in [1.29, 1.82) is 0 Å². The van der Waals surface area contributed by atoms with E-state index in [-0.39, 0.29) is 11.8 Å². The topological polar surface area (TPSA) is 78.4 Å². The van der Waals surface area contributed by atoms with E-state index >= 15 is 0 Å². The average molecular weight is 391 g/mol. The van der Waals surface area contributed by atoms with E-state index in [0.717, 1.165) is 49.2 Å². The highest BCUT2D eigenvalue weighted by atomic mass is 16.5. The Balaban J connectivity index is 1.68. The lowest BCUT2D eigenvalue weighted by Gasteiger charge is -2.35. The molecule has 158 valence electrons. The zero-order valence-electron chi connectivity index (χ0n) is 17.9. The summed E-state index contributed by atoms with van der Waals surface area (Å²) in [6.45, 7) is 8.17. The van der Waals surface area contributed by atoms with Gasteiger partial charge >= 0.3 is 0 Å². The molecule has 1 heterocycles. The molecule has 2 fully saturated rings. The van der Waals surface area contributed by atoms with Crippen molar-refractivity contribution in [3.05, 3.63) is 17.0 Å². The number of hydrogen-bond donors (Lipinski definition) is 1. The van der Waals surface area contributed by atoms with Gasteiger partial charge in [0.15, 0.2) is 0 Å². The Bertz CT molecular complexity index is 630. The first-order valence-corrected chi connectivity index (χ1v) is 11.3. The Labute approximate surface area is 169 Å². The Morgan fingerprint density at radius 2 is 2.00 bits per heavy atom. The van der Waals surface area contributed by atoms with Crippen molar-refractivity contribution in [1.82, 2.24) is 5.16 Å². The van der Waals surface area contributed by atoms with Gasteiger partial charge in [0.25, 0.3) is 0 Å². The molecule has 0 aromatic carbocycles. The second-order valence-corrected chi connectivity index (χ2v) is 9.41. The number of carbonyl (C=O) groups excluding carboxylic acids is 1. The normalized spacial score (nSPS) is 23.0. The molecule has 2 saturated carbocycles. The Kier molecular flexibility index (Phi) is 7.55. The second kappa shape index (κ2) is 9.91. The molecule has 0 spiro atoms. The predicted molar refractivity (Wildman–Crippen MR) is 110 cm³/mol. The lowest BCUT2D eigenvalue weighted by atomic mass is 9.69. The third-order valence-electron chi connectivity index (χ3n) is 6.27. The summed E-state index contributed by atoms with van der Waals surface area (Å²) < 4.78 is 11.7. The molecule has 1 atom stereocenters. The third kappa shape index (κ3) is 5.59. The lowest BCUT2D eigenvalue weighted by Crippen LogP contribution is -2.24. The highest BCUT2D eigenvalue weighted by Gasteiger charge is 2.41. The highest BCUT2D eigenvalue weighted by Crippen LogP contribution is 2.52. The van der Waals surface area contributed by atoms with Gasteiger partial charge in [-0.25, -0.2) is 0 Å². The van der Waals surface area contributed by atoms with Crippen LogP contribution in [0.15, 0.2) is 4.52 Å².